The van der Waals surface area contributed by atoms with Crippen molar-refractivity contribution in [2.45, 2.75) is 12.0 Å². The van der Waals surface area contributed by atoms with Gasteiger partial charge in [-0.2, -0.15) is 8.78 Å². The summed E-state index contributed by atoms with van der Waals surface area (Å²) in [4.78, 5) is 0. The van der Waals surface area contributed by atoms with E-state index in [1.807, 2.05) is 5.92 Å². The van der Waals surface area contributed by atoms with Crippen molar-refractivity contribution >= 4 is 0 Å². The summed E-state index contributed by atoms with van der Waals surface area (Å²) in [6, 6.07) is 16.3. The maximum absolute atomic E-state index is 13.8. The molecule has 0 saturated heterocycles. The predicted molar refractivity (Wildman–Crippen MR) is 69.7 cm³/mol. The van der Waals surface area contributed by atoms with Crippen LogP contribution in [0.2, 0.25) is 0 Å². The van der Waals surface area contributed by atoms with Gasteiger partial charge >= 0.3 is 5.92 Å². The van der Waals surface area contributed by atoms with Gasteiger partial charge in [0.15, 0.2) is 6.10 Å². The number of hydrogen-bond acceptors (Lipinski definition) is 1. The third-order valence-corrected chi connectivity index (χ3v) is 2.61. The van der Waals surface area contributed by atoms with Gasteiger partial charge in [0.1, 0.15) is 0 Å². The summed E-state index contributed by atoms with van der Waals surface area (Å²) in [6.45, 7) is 0. The van der Waals surface area contributed by atoms with Crippen molar-refractivity contribution in [1.29, 1.82) is 0 Å². The number of aliphatic hydroxyl groups excluding tert-OH is 1. The molecular weight excluding hydrogens is 246 g/mol. The Bertz CT molecular complexity index is 582. The van der Waals surface area contributed by atoms with E-state index in [0.717, 1.165) is 0 Å². The van der Waals surface area contributed by atoms with E-state index in [1.54, 1.807) is 48.5 Å². The summed E-state index contributed by atoms with van der Waals surface area (Å²) in [5.74, 6) is 0.727. The van der Waals surface area contributed by atoms with Gasteiger partial charge in [0.25, 0.3) is 0 Å². The van der Waals surface area contributed by atoms with Gasteiger partial charge in [0.05, 0.1) is 0 Å². The number of rotatable bonds is 2. The molecule has 1 atom stereocenters. The van der Waals surface area contributed by atoms with E-state index in [0.29, 0.717) is 5.56 Å². The van der Waals surface area contributed by atoms with E-state index in [-0.39, 0.29) is 5.56 Å². The third kappa shape index (κ3) is 3.40. The first-order chi connectivity index (χ1) is 9.09. The number of alkyl halides is 2. The Hall–Kier alpha value is -2.18. The van der Waals surface area contributed by atoms with E-state index in [2.05, 4.69) is 5.92 Å². The second-order valence-electron chi connectivity index (χ2n) is 4.05. The predicted octanol–water partition coefficient (Wildman–Crippen LogP) is 3.41. The van der Waals surface area contributed by atoms with E-state index < -0.39 is 12.0 Å². The molecule has 1 N–H and O–H groups in total. The molecule has 0 aliphatic carbocycles. The molecule has 19 heavy (non-hydrogen) atoms. The van der Waals surface area contributed by atoms with Gasteiger partial charge in [-0.05, 0) is 23.6 Å². The van der Waals surface area contributed by atoms with Crippen LogP contribution in [0.25, 0.3) is 0 Å². The van der Waals surface area contributed by atoms with Crippen molar-refractivity contribution in [3.8, 4) is 11.8 Å². The summed E-state index contributed by atoms with van der Waals surface area (Å²) in [5, 5.41) is 9.67. The van der Waals surface area contributed by atoms with Crippen molar-refractivity contribution in [3.63, 3.8) is 0 Å². The minimum atomic E-state index is -3.49. The Kier molecular flexibility index (Phi) is 3.94. The summed E-state index contributed by atoms with van der Waals surface area (Å²) < 4.78 is 27.5. The largest absolute Gasteiger partial charge is 0.381 e. The van der Waals surface area contributed by atoms with Crippen molar-refractivity contribution in [2.24, 2.45) is 0 Å². The molecule has 0 radical (unpaired) electrons. The molecule has 0 aliphatic heterocycles. The van der Waals surface area contributed by atoms with Gasteiger partial charge in [-0.15, -0.1) is 0 Å². The highest BCUT2D eigenvalue weighted by Crippen LogP contribution is 2.30. The van der Waals surface area contributed by atoms with Crippen LogP contribution in [0, 0.1) is 11.8 Å². The zero-order valence-corrected chi connectivity index (χ0v) is 10.1. The lowest BCUT2D eigenvalue weighted by Gasteiger charge is -2.17. The van der Waals surface area contributed by atoms with Crippen LogP contribution in [-0.4, -0.2) is 11.0 Å². The highest BCUT2D eigenvalue weighted by Gasteiger charge is 2.37. The lowest BCUT2D eigenvalue weighted by Crippen LogP contribution is -2.24. The smallest absolute Gasteiger partial charge is 0.337 e. The summed E-state index contributed by atoms with van der Waals surface area (Å²) in [6.07, 6.45) is -1.93. The van der Waals surface area contributed by atoms with Crippen molar-refractivity contribution < 1.29 is 13.9 Å². The first kappa shape index (κ1) is 13.3. The van der Waals surface area contributed by atoms with Gasteiger partial charge in [-0.1, -0.05) is 54.5 Å². The van der Waals surface area contributed by atoms with Gasteiger partial charge in [-0.3, -0.25) is 0 Å². The SMILES string of the molecule is O[C@@H](c1ccccc1)C(F)(F)C#Cc1ccccc1. The van der Waals surface area contributed by atoms with Crippen molar-refractivity contribution in [2.75, 3.05) is 0 Å². The molecule has 0 amide bonds. The zero-order valence-electron chi connectivity index (χ0n) is 10.1. The maximum atomic E-state index is 13.8. The van der Waals surface area contributed by atoms with Crippen LogP contribution in [0.1, 0.15) is 17.2 Å². The number of benzene rings is 2. The van der Waals surface area contributed by atoms with Crippen LogP contribution in [-0.2, 0) is 0 Å². The molecule has 0 heterocycles. The van der Waals surface area contributed by atoms with Gasteiger partial charge in [0, 0.05) is 5.56 Å². The molecule has 0 aromatic heterocycles. The molecule has 0 bridgehead atoms. The summed E-state index contributed by atoms with van der Waals surface area (Å²) >= 11 is 0. The molecule has 0 spiro atoms. The van der Waals surface area contributed by atoms with Crippen LogP contribution < -0.4 is 0 Å². The lowest BCUT2D eigenvalue weighted by molar-refractivity contribution is -0.0635. The number of aliphatic hydroxyl groups is 1. The molecule has 2 rings (SSSR count). The van der Waals surface area contributed by atoms with E-state index in [1.165, 1.54) is 12.1 Å². The lowest BCUT2D eigenvalue weighted by atomic mass is 10.0. The fraction of sp³-hybridized carbons (Fsp3) is 0.125. The second-order valence-corrected chi connectivity index (χ2v) is 4.05. The van der Waals surface area contributed by atoms with E-state index in [4.69, 9.17) is 0 Å². The molecule has 0 aliphatic rings. The average Bonchev–Trinajstić information content (AvgIpc) is 2.46. The Morgan fingerprint density at radius 2 is 1.42 bits per heavy atom. The number of hydrogen-bond donors (Lipinski definition) is 1. The Morgan fingerprint density at radius 1 is 0.895 bits per heavy atom. The van der Waals surface area contributed by atoms with Crippen LogP contribution in [0.5, 0.6) is 0 Å². The quantitative estimate of drug-likeness (QED) is 0.818. The minimum absolute atomic E-state index is 0.148. The van der Waals surface area contributed by atoms with Crippen molar-refractivity contribution in [3.05, 3.63) is 71.8 Å². The summed E-state index contributed by atoms with van der Waals surface area (Å²) in [5.41, 5.74) is 0.636. The molecule has 3 heteroatoms. The molecular formula is C16H12F2O. The fourth-order valence-corrected chi connectivity index (χ4v) is 1.59. The van der Waals surface area contributed by atoms with Gasteiger partial charge in [-0.25, -0.2) is 0 Å². The molecule has 0 unspecified atom stereocenters. The second kappa shape index (κ2) is 5.64. The topological polar surface area (TPSA) is 20.2 Å². The highest BCUT2D eigenvalue weighted by atomic mass is 19.3. The molecule has 2 aromatic rings. The van der Waals surface area contributed by atoms with Crippen LogP contribution in [0.15, 0.2) is 60.7 Å². The minimum Gasteiger partial charge on any atom is -0.381 e. The fourth-order valence-electron chi connectivity index (χ4n) is 1.59. The standard InChI is InChI=1S/C16H12F2O/c17-16(18,12-11-13-7-3-1-4-8-13)15(19)14-9-5-2-6-10-14/h1-10,15,19H/t15-/m0/s1. The van der Waals surface area contributed by atoms with Gasteiger partial charge < -0.3 is 5.11 Å². The van der Waals surface area contributed by atoms with E-state index in [9.17, 15) is 13.9 Å². The molecule has 1 nitrogen and oxygen atoms in total. The van der Waals surface area contributed by atoms with Crippen LogP contribution in [0.3, 0.4) is 0 Å². The monoisotopic (exact) mass is 258 g/mol. The Labute approximate surface area is 110 Å². The maximum Gasteiger partial charge on any atom is 0.337 e. The van der Waals surface area contributed by atoms with Crippen LogP contribution in [0.4, 0.5) is 8.78 Å². The first-order valence-corrected chi connectivity index (χ1v) is 5.78. The normalized spacial score (nSPS) is 12.4. The summed E-state index contributed by atoms with van der Waals surface area (Å²) in [7, 11) is 0. The first-order valence-electron chi connectivity index (χ1n) is 5.78. The molecule has 96 valence electrons. The van der Waals surface area contributed by atoms with Crippen molar-refractivity contribution in [1.82, 2.24) is 0 Å². The Morgan fingerprint density at radius 3 is 2.00 bits per heavy atom. The van der Waals surface area contributed by atoms with Crippen LogP contribution >= 0.6 is 0 Å². The zero-order chi connectivity index (χ0) is 13.7. The molecule has 0 fully saturated rings. The number of halogens is 2. The van der Waals surface area contributed by atoms with Gasteiger partial charge in [0.2, 0.25) is 0 Å². The highest BCUT2D eigenvalue weighted by molar-refractivity contribution is 5.36. The Balaban J connectivity index is 2.22. The third-order valence-electron chi connectivity index (χ3n) is 2.61. The average molecular weight is 258 g/mol. The molecule has 0 saturated carbocycles. The van der Waals surface area contributed by atoms with E-state index >= 15 is 0 Å². The molecule has 2 aromatic carbocycles.